The van der Waals surface area contributed by atoms with Crippen LogP contribution in [0.4, 0.5) is 10.6 Å². The summed E-state index contributed by atoms with van der Waals surface area (Å²) in [5.74, 6) is 0.786. The number of carbonyl (C=O) groups is 2. The van der Waals surface area contributed by atoms with Crippen molar-refractivity contribution in [3.05, 3.63) is 23.9 Å². The SMILES string of the molecule is CN(C)c1cc(CNC(=O)[C@H]2CCCN(C(=O)N3CCCC3)C2)ccn1. The number of urea groups is 1. The van der Waals surface area contributed by atoms with E-state index >= 15 is 0 Å². The van der Waals surface area contributed by atoms with Crippen molar-refractivity contribution in [2.45, 2.75) is 32.2 Å². The molecule has 0 bridgehead atoms. The molecular weight excluding hydrogens is 330 g/mol. The van der Waals surface area contributed by atoms with Crippen LogP contribution in [0.15, 0.2) is 18.3 Å². The van der Waals surface area contributed by atoms with E-state index in [4.69, 9.17) is 0 Å². The van der Waals surface area contributed by atoms with Crippen molar-refractivity contribution in [3.63, 3.8) is 0 Å². The first-order chi connectivity index (χ1) is 12.5. The number of nitrogens with one attached hydrogen (secondary N) is 1. The van der Waals surface area contributed by atoms with E-state index in [0.29, 0.717) is 13.1 Å². The van der Waals surface area contributed by atoms with Crippen LogP contribution in [0.3, 0.4) is 0 Å². The van der Waals surface area contributed by atoms with Crippen LogP contribution < -0.4 is 10.2 Å². The lowest BCUT2D eigenvalue weighted by molar-refractivity contribution is -0.126. The fourth-order valence-corrected chi connectivity index (χ4v) is 3.62. The maximum Gasteiger partial charge on any atom is 0.320 e. The highest BCUT2D eigenvalue weighted by molar-refractivity contribution is 5.81. The third-order valence-electron chi connectivity index (χ3n) is 5.17. The summed E-state index contributed by atoms with van der Waals surface area (Å²) in [5, 5.41) is 3.03. The molecule has 7 heteroatoms. The molecule has 26 heavy (non-hydrogen) atoms. The molecule has 1 N–H and O–H groups in total. The molecule has 2 fully saturated rings. The maximum atomic E-state index is 12.6. The molecule has 7 nitrogen and oxygen atoms in total. The van der Waals surface area contributed by atoms with Crippen molar-refractivity contribution in [1.29, 1.82) is 0 Å². The molecule has 1 atom stereocenters. The summed E-state index contributed by atoms with van der Waals surface area (Å²) in [4.78, 5) is 35.1. The topological polar surface area (TPSA) is 68.8 Å². The second kappa shape index (κ2) is 8.38. The van der Waals surface area contributed by atoms with Crippen LogP contribution in [0.1, 0.15) is 31.2 Å². The second-order valence-electron chi connectivity index (χ2n) is 7.40. The van der Waals surface area contributed by atoms with Crippen LogP contribution in [0.25, 0.3) is 0 Å². The second-order valence-corrected chi connectivity index (χ2v) is 7.40. The molecule has 0 aliphatic carbocycles. The number of piperidine rings is 1. The molecule has 3 heterocycles. The fourth-order valence-electron chi connectivity index (χ4n) is 3.62. The van der Waals surface area contributed by atoms with Crippen LogP contribution in [0.5, 0.6) is 0 Å². The Balaban J connectivity index is 1.52. The number of anilines is 1. The third-order valence-corrected chi connectivity index (χ3v) is 5.17. The highest BCUT2D eigenvalue weighted by Gasteiger charge is 2.31. The minimum absolute atomic E-state index is 0.0344. The number of hydrogen-bond donors (Lipinski definition) is 1. The van der Waals surface area contributed by atoms with Crippen LogP contribution in [0, 0.1) is 5.92 Å². The van der Waals surface area contributed by atoms with Gasteiger partial charge in [-0.15, -0.1) is 0 Å². The van der Waals surface area contributed by atoms with Crippen molar-refractivity contribution in [2.24, 2.45) is 5.92 Å². The zero-order chi connectivity index (χ0) is 18.5. The van der Waals surface area contributed by atoms with E-state index in [0.717, 1.165) is 56.7 Å². The summed E-state index contributed by atoms with van der Waals surface area (Å²) >= 11 is 0. The zero-order valence-electron chi connectivity index (χ0n) is 15.8. The van der Waals surface area contributed by atoms with Gasteiger partial charge >= 0.3 is 6.03 Å². The van der Waals surface area contributed by atoms with Gasteiger partial charge in [-0.3, -0.25) is 4.79 Å². The van der Waals surface area contributed by atoms with Gasteiger partial charge in [-0.05, 0) is 43.4 Å². The van der Waals surface area contributed by atoms with Crippen molar-refractivity contribution in [2.75, 3.05) is 45.2 Å². The lowest BCUT2D eigenvalue weighted by Gasteiger charge is -2.34. The first-order valence-electron chi connectivity index (χ1n) is 9.48. The summed E-state index contributed by atoms with van der Waals surface area (Å²) < 4.78 is 0. The van der Waals surface area contributed by atoms with Gasteiger partial charge in [0.05, 0.1) is 5.92 Å². The Hall–Kier alpha value is -2.31. The summed E-state index contributed by atoms with van der Waals surface area (Å²) in [5.41, 5.74) is 1.03. The van der Waals surface area contributed by atoms with Gasteiger partial charge in [0.25, 0.3) is 0 Å². The molecule has 0 spiro atoms. The van der Waals surface area contributed by atoms with Crippen molar-refractivity contribution < 1.29 is 9.59 Å². The largest absolute Gasteiger partial charge is 0.363 e. The monoisotopic (exact) mass is 359 g/mol. The lowest BCUT2D eigenvalue weighted by atomic mass is 9.97. The standard InChI is InChI=1S/C19H29N5O2/c1-22(2)17-12-15(7-8-20-17)13-21-18(25)16-6-5-11-24(14-16)19(26)23-9-3-4-10-23/h7-8,12,16H,3-6,9-11,13-14H2,1-2H3,(H,21,25)/t16-/m0/s1. The number of carbonyl (C=O) groups excluding carboxylic acids is 2. The molecule has 3 rings (SSSR count). The normalized spacial score (nSPS) is 20.2. The smallest absolute Gasteiger partial charge is 0.320 e. The molecule has 0 radical (unpaired) electrons. The predicted octanol–water partition coefficient (Wildman–Crippen LogP) is 1.69. The van der Waals surface area contributed by atoms with E-state index in [1.807, 2.05) is 40.9 Å². The number of amides is 3. The van der Waals surface area contributed by atoms with Gasteiger partial charge in [0.2, 0.25) is 5.91 Å². The average Bonchev–Trinajstić information content (AvgIpc) is 3.20. The van der Waals surface area contributed by atoms with Crippen molar-refractivity contribution in [3.8, 4) is 0 Å². The lowest BCUT2D eigenvalue weighted by Crippen LogP contribution is -2.49. The van der Waals surface area contributed by atoms with E-state index < -0.39 is 0 Å². The molecule has 0 saturated carbocycles. The average molecular weight is 359 g/mol. The molecule has 0 unspecified atom stereocenters. The Labute approximate surface area is 155 Å². The number of hydrogen-bond acceptors (Lipinski definition) is 4. The van der Waals surface area contributed by atoms with Crippen molar-refractivity contribution >= 4 is 17.8 Å². The Morgan fingerprint density at radius 2 is 1.92 bits per heavy atom. The first kappa shape index (κ1) is 18.5. The molecular formula is C19H29N5O2. The summed E-state index contributed by atoms with van der Waals surface area (Å²) in [6.45, 7) is 3.47. The van der Waals surface area contributed by atoms with Gasteiger partial charge in [-0.25, -0.2) is 9.78 Å². The number of rotatable bonds is 4. The van der Waals surface area contributed by atoms with Gasteiger partial charge in [0, 0.05) is 53.0 Å². The van der Waals surface area contributed by atoms with E-state index in [9.17, 15) is 9.59 Å². The molecule has 1 aromatic heterocycles. The van der Waals surface area contributed by atoms with E-state index in [1.54, 1.807) is 6.20 Å². The Morgan fingerprint density at radius 1 is 1.19 bits per heavy atom. The number of aromatic nitrogens is 1. The zero-order valence-corrected chi connectivity index (χ0v) is 15.8. The van der Waals surface area contributed by atoms with Crippen LogP contribution >= 0.6 is 0 Å². The molecule has 2 aliphatic heterocycles. The van der Waals surface area contributed by atoms with Gasteiger partial charge in [0.1, 0.15) is 5.82 Å². The van der Waals surface area contributed by atoms with E-state index in [-0.39, 0.29) is 17.9 Å². The number of pyridine rings is 1. The highest BCUT2D eigenvalue weighted by atomic mass is 16.2. The van der Waals surface area contributed by atoms with Crippen LogP contribution in [-0.4, -0.2) is 67.0 Å². The third kappa shape index (κ3) is 4.45. The highest BCUT2D eigenvalue weighted by Crippen LogP contribution is 2.20. The first-order valence-corrected chi connectivity index (χ1v) is 9.48. The van der Waals surface area contributed by atoms with Crippen molar-refractivity contribution in [1.82, 2.24) is 20.1 Å². The summed E-state index contributed by atoms with van der Waals surface area (Å²) in [7, 11) is 3.89. The number of likely N-dealkylation sites (tertiary alicyclic amines) is 2. The van der Waals surface area contributed by atoms with E-state index in [2.05, 4.69) is 10.3 Å². The molecule has 3 amide bonds. The van der Waals surface area contributed by atoms with E-state index in [1.165, 1.54) is 0 Å². The number of nitrogens with zero attached hydrogens (tertiary/aromatic N) is 4. The molecule has 142 valence electrons. The Kier molecular flexibility index (Phi) is 5.96. The molecule has 0 aromatic carbocycles. The fraction of sp³-hybridized carbons (Fsp3) is 0.632. The van der Waals surface area contributed by atoms with Gasteiger partial charge in [0.15, 0.2) is 0 Å². The van der Waals surface area contributed by atoms with Gasteiger partial charge < -0.3 is 20.0 Å². The maximum absolute atomic E-state index is 12.6. The van der Waals surface area contributed by atoms with Gasteiger partial charge in [-0.2, -0.15) is 0 Å². The predicted molar refractivity (Wildman–Crippen MR) is 101 cm³/mol. The van der Waals surface area contributed by atoms with Gasteiger partial charge in [-0.1, -0.05) is 0 Å². The summed E-state index contributed by atoms with van der Waals surface area (Å²) in [6, 6.07) is 3.99. The van der Waals surface area contributed by atoms with Crippen LogP contribution in [-0.2, 0) is 11.3 Å². The quantitative estimate of drug-likeness (QED) is 0.888. The Bertz CT molecular complexity index is 643. The Morgan fingerprint density at radius 3 is 2.65 bits per heavy atom. The molecule has 2 saturated heterocycles. The van der Waals surface area contributed by atoms with Crippen LogP contribution in [0.2, 0.25) is 0 Å². The minimum atomic E-state index is -0.120. The molecule has 1 aromatic rings. The minimum Gasteiger partial charge on any atom is -0.363 e. The summed E-state index contributed by atoms with van der Waals surface area (Å²) in [6.07, 6.45) is 5.66. The molecule has 2 aliphatic rings.